The van der Waals surface area contributed by atoms with Crippen LogP contribution in [-0.2, 0) is 15.8 Å². The fraction of sp³-hybridized carbons (Fsp3) is 0.304. The number of likely N-dealkylation sites (tertiary alicyclic amines) is 1. The van der Waals surface area contributed by atoms with Gasteiger partial charge in [0.1, 0.15) is 6.54 Å². The maximum absolute atomic E-state index is 13.2. The number of carbonyl (C=O) groups excluding carboxylic acids is 2. The van der Waals surface area contributed by atoms with E-state index in [1.165, 1.54) is 28.8 Å². The van der Waals surface area contributed by atoms with Gasteiger partial charge in [-0.1, -0.05) is 36.0 Å². The number of halogens is 3. The normalized spacial score (nSPS) is 18.3. The molecule has 1 saturated heterocycles. The van der Waals surface area contributed by atoms with E-state index in [2.05, 4.69) is 0 Å². The largest absolute Gasteiger partial charge is 0.416 e. The Hall–Kier alpha value is -2.74. The number of benzene rings is 2. The Morgan fingerprint density at radius 2 is 1.68 bits per heavy atom. The van der Waals surface area contributed by atoms with E-state index in [1.807, 2.05) is 18.2 Å². The second-order valence-corrected chi connectivity index (χ2v) is 8.61. The van der Waals surface area contributed by atoms with Gasteiger partial charge in [-0.05, 0) is 55.2 Å². The number of para-hydroxylation sites is 1. The molecule has 0 N–H and O–H groups in total. The van der Waals surface area contributed by atoms with E-state index in [-0.39, 0.29) is 18.4 Å². The highest BCUT2D eigenvalue weighted by Crippen LogP contribution is 2.42. The SMILES string of the molecule is O=C(CN1C(=O)C(=Cc2ccc(C(F)(F)F)cc2)Sc2ccccc21)N1CCCCC1. The van der Waals surface area contributed by atoms with Gasteiger partial charge >= 0.3 is 6.18 Å². The van der Waals surface area contributed by atoms with Crippen LogP contribution < -0.4 is 4.90 Å². The second kappa shape index (κ2) is 8.78. The van der Waals surface area contributed by atoms with E-state index in [0.29, 0.717) is 29.2 Å². The van der Waals surface area contributed by atoms with Crippen molar-refractivity contribution in [3.63, 3.8) is 0 Å². The second-order valence-electron chi connectivity index (χ2n) is 7.53. The van der Waals surface area contributed by atoms with E-state index in [9.17, 15) is 22.8 Å². The van der Waals surface area contributed by atoms with Gasteiger partial charge in [-0.15, -0.1) is 0 Å². The summed E-state index contributed by atoms with van der Waals surface area (Å²) in [6.45, 7) is 1.35. The Labute approximate surface area is 182 Å². The van der Waals surface area contributed by atoms with E-state index in [4.69, 9.17) is 0 Å². The highest BCUT2D eigenvalue weighted by Gasteiger charge is 2.32. The first-order valence-electron chi connectivity index (χ1n) is 10.1. The third-order valence-electron chi connectivity index (χ3n) is 5.37. The minimum atomic E-state index is -4.41. The molecule has 0 radical (unpaired) electrons. The summed E-state index contributed by atoms with van der Waals surface area (Å²) in [6.07, 6.45) is 0.190. The molecule has 0 aliphatic carbocycles. The van der Waals surface area contributed by atoms with Crippen LogP contribution >= 0.6 is 11.8 Å². The van der Waals surface area contributed by atoms with Crippen molar-refractivity contribution in [2.24, 2.45) is 0 Å². The van der Waals surface area contributed by atoms with E-state index in [0.717, 1.165) is 36.3 Å². The molecular weight excluding hydrogens is 425 g/mol. The quantitative estimate of drug-likeness (QED) is 0.609. The molecule has 4 rings (SSSR count). The number of thioether (sulfide) groups is 1. The third kappa shape index (κ3) is 4.79. The number of piperidine rings is 1. The zero-order valence-electron chi connectivity index (χ0n) is 16.7. The summed E-state index contributed by atoms with van der Waals surface area (Å²) in [5.74, 6) is -0.419. The number of anilines is 1. The van der Waals surface area contributed by atoms with Crippen LogP contribution in [0.5, 0.6) is 0 Å². The van der Waals surface area contributed by atoms with Crippen LogP contribution in [0.25, 0.3) is 6.08 Å². The molecule has 1 fully saturated rings. The van der Waals surface area contributed by atoms with E-state index >= 15 is 0 Å². The van der Waals surface area contributed by atoms with Crippen molar-refractivity contribution in [2.45, 2.75) is 30.3 Å². The van der Waals surface area contributed by atoms with E-state index in [1.54, 1.807) is 17.0 Å². The molecule has 0 saturated carbocycles. The van der Waals surface area contributed by atoms with Crippen molar-refractivity contribution in [3.8, 4) is 0 Å². The molecule has 0 bridgehead atoms. The van der Waals surface area contributed by atoms with Gasteiger partial charge in [0, 0.05) is 18.0 Å². The van der Waals surface area contributed by atoms with Crippen molar-refractivity contribution < 1.29 is 22.8 Å². The molecule has 2 amide bonds. The first-order chi connectivity index (χ1) is 14.8. The molecule has 0 spiro atoms. The van der Waals surface area contributed by atoms with Crippen molar-refractivity contribution in [1.82, 2.24) is 4.90 Å². The van der Waals surface area contributed by atoms with Crippen molar-refractivity contribution in [3.05, 3.63) is 64.6 Å². The van der Waals surface area contributed by atoms with Crippen LogP contribution in [0.15, 0.2) is 58.3 Å². The average Bonchev–Trinajstić information content (AvgIpc) is 2.77. The molecule has 8 heteroatoms. The van der Waals surface area contributed by atoms with Crippen LogP contribution in [-0.4, -0.2) is 36.3 Å². The molecule has 31 heavy (non-hydrogen) atoms. The van der Waals surface area contributed by atoms with Crippen molar-refractivity contribution >= 4 is 35.3 Å². The number of carbonyl (C=O) groups is 2. The van der Waals surface area contributed by atoms with Crippen LogP contribution in [0, 0.1) is 0 Å². The zero-order valence-corrected chi connectivity index (χ0v) is 17.5. The Morgan fingerprint density at radius 1 is 1.00 bits per heavy atom. The molecule has 4 nitrogen and oxygen atoms in total. The van der Waals surface area contributed by atoms with Gasteiger partial charge in [-0.3, -0.25) is 14.5 Å². The van der Waals surface area contributed by atoms with Crippen molar-refractivity contribution in [2.75, 3.05) is 24.5 Å². The Kier molecular flexibility index (Phi) is 6.09. The summed E-state index contributed by atoms with van der Waals surface area (Å²) >= 11 is 1.26. The van der Waals surface area contributed by atoms with E-state index < -0.39 is 11.7 Å². The predicted molar refractivity (Wildman–Crippen MR) is 115 cm³/mol. The molecule has 0 unspecified atom stereocenters. The van der Waals surface area contributed by atoms with Crippen LogP contribution in [0.4, 0.5) is 18.9 Å². The molecular formula is C23H21F3N2O2S. The zero-order chi connectivity index (χ0) is 22.0. The number of rotatable bonds is 3. The molecule has 2 heterocycles. The van der Waals surface area contributed by atoms with Crippen molar-refractivity contribution in [1.29, 1.82) is 0 Å². The molecule has 0 atom stereocenters. The summed E-state index contributed by atoms with van der Waals surface area (Å²) in [5.41, 5.74) is 0.425. The molecule has 2 aromatic rings. The summed E-state index contributed by atoms with van der Waals surface area (Å²) in [5, 5.41) is 0. The number of amides is 2. The van der Waals surface area contributed by atoms with Gasteiger partial charge < -0.3 is 4.90 Å². The Morgan fingerprint density at radius 3 is 2.35 bits per heavy atom. The average molecular weight is 446 g/mol. The maximum atomic E-state index is 13.2. The van der Waals surface area contributed by atoms with Gasteiger partial charge in [0.25, 0.3) is 5.91 Å². The maximum Gasteiger partial charge on any atom is 0.416 e. The minimum Gasteiger partial charge on any atom is -0.341 e. The predicted octanol–water partition coefficient (Wildman–Crippen LogP) is 5.20. The highest BCUT2D eigenvalue weighted by atomic mass is 32.2. The van der Waals surface area contributed by atoms with Gasteiger partial charge in [-0.25, -0.2) is 0 Å². The number of nitrogens with zero attached hydrogens (tertiary/aromatic N) is 2. The lowest BCUT2D eigenvalue weighted by Gasteiger charge is -2.33. The summed E-state index contributed by atoms with van der Waals surface area (Å²) < 4.78 is 38.4. The van der Waals surface area contributed by atoms with Gasteiger partial charge in [-0.2, -0.15) is 13.2 Å². The standard InChI is InChI=1S/C23H21F3N2O2S/c24-23(25,26)17-10-8-16(9-11-17)14-20-22(30)28(18-6-2-3-7-19(18)31-20)15-21(29)27-12-4-1-5-13-27/h2-3,6-11,14H,1,4-5,12-13,15H2. The van der Waals surface area contributed by atoms with Crippen LogP contribution in [0.3, 0.4) is 0 Å². The minimum absolute atomic E-state index is 0.0548. The smallest absolute Gasteiger partial charge is 0.341 e. The number of hydrogen-bond donors (Lipinski definition) is 0. The monoisotopic (exact) mass is 446 g/mol. The molecule has 162 valence electrons. The third-order valence-corrected chi connectivity index (χ3v) is 6.45. The lowest BCUT2D eigenvalue weighted by molar-refractivity contribution is -0.137. The lowest BCUT2D eigenvalue weighted by atomic mass is 10.1. The van der Waals surface area contributed by atoms with Gasteiger partial charge in [0.05, 0.1) is 16.2 Å². The number of hydrogen-bond acceptors (Lipinski definition) is 3. The van der Waals surface area contributed by atoms with Crippen LogP contribution in [0.1, 0.15) is 30.4 Å². The molecule has 2 aliphatic rings. The lowest BCUT2D eigenvalue weighted by Crippen LogP contribution is -2.46. The first kappa shape index (κ1) is 21.5. The van der Waals surface area contributed by atoms with Gasteiger partial charge in [0.15, 0.2) is 0 Å². The number of alkyl halides is 3. The highest BCUT2D eigenvalue weighted by molar-refractivity contribution is 8.04. The Balaban J connectivity index is 1.61. The topological polar surface area (TPSA) is 40.6 Å². The fourth-order valence-electron chi connectivity index (χ4n) is 3.72. The molecule has 2 aromatic carbocycles. The van der Waals surface area contributed by atoms with Gasteiger partial charge in [0.2, 0.25) is 5.91 Å². The summed E-state index contributed by atoms with van der Waals surface area (Å²) in [7, 11) is 0. The van der Waals surface area contributed by atoms with Crippen LogP contribution in [0.2, 0.25) is 0 Å². The summed E-state index contributed by atoms with van der Waals surface area (Å²) in [4.78, 5) is 30.5. The summed E-state index contributed by atoms with van der Waals surface area (Å²) in [6, 6.07) is 12.0. The molecule has 0 aromatic heterocycles. The Bertz CT molecular complexity index is 1010. The fourth-order valence-corrected chi connectivity index (χ4v) is 4.78. The first-order valence-corrected chi connectivity index (χ1v) is 10.9. The molecule has 2 aliphatic heterocycles. The number of fused-ring (bicyclic) bond motifs is 1.